The molecule has 2 N–H and O–H groups in total. The van der Waals surface area contributed by atoms with Crippen LogP contribution in [0.5, 0.6) is 0 Å². The van der Waals surface area contributed by atoms with Crippen LogP contribution in [0.1, 0.15) is 55.7 Å². The van der Waals surface area contributed by atoms with Crippen molar-refractivity contribution in [3.05, 3.63) is 95.8 Å². The Bertz CT molecular complexity index is 1320. The summed E-state index contributed by atoms with van der Waals surface area (Å²) in [6.07, 6.45) is 5.54. The standard InChI is InChI=1S/C30H33N3O3/c1-21(2)18-27(26-12-5-9-23-8-3-4-11-25(23)26)30(36)32-28-19-22(20-33-17-7-16-31-33)14-15-24(28)10-6-13-29(34)35/h3-5,7-9,11-12,14-17,19,21,27H,6,10,13,18,20H2,1-2H3,(H,32,36)(H,34,35). The number of fused-ring (bicyclic) bond motifs is 1. The Morgan fingerprint density at radius 3 is 2.58 bits per heavy atom. The fraction of sp³-hybridized carbons (Fsp3) is 0.300. The predicted octanol–water partition coefficient (Wildman–Crippen LogP) is 6.26. The third-order valence-electron chi connectivity index (χ3n) is 6.40. The molecule has 4 aromatic rings. The van der Waals surface area contributed by atoms with Gasteiger partial charge < -0.3 is 10.4 Å². The van der Waals surface area contributed by atoms with E-state index < -0.39 is 5.97 Å². The summed E-state index contributed by atoms with van der Waals surface area (Å²) in [6, 6.07) is 22.2. The molecule has 1 unspecified atom stereocenters. The quantitative estimate of drug-likeness (QED) is 0.264. The summed E-state index contributed by atoms with van der Waals surface area (Å²) in [5.74, 6) is -0.835. The van der Waals surface area contributed by atoms with Gasteiger partial charge >= 0.3 is 5.97 Å². The number of hydrogen-bond donors (Lipinski definition) is 2. The van der Waals surface area contributed by atoms with E-state index in [1.165, 1.54) is 0 Å². The SMILES string of the molecule is CC(C)CC(C(=O)Nc1cc(Cn2cccn2)ccc1CCCC(=O)O)c1cccc2ccccc12. The Morgan fingerprint density at radius 1 is 1.03 bits per heavy atom. The number of hydrogen-bond acceptors (Lipinski definition) is 3. The number of carbonyl (C=O) groups is 2. The number of carboxylic acid groups (broad SMARTS) is 1. The average Bonchev–Trinajstić information content (AvgIpc) is 3.36. The summed E-state index contributed by atoms with van der Waals surface area (Å²) in [7, 11) is 0. The fourth-order valence-corrected chi connectivity index (χ4v) is 4.69. The molecule has 1 atom stereocenters. The van der Waals surface area contributed by atoms with Crippen molar-refractivity contribution in [1.82, 2.24) is 9.78 Å². The molecule has 0 aliphatic rings. The van der Waals surface area contributed by atoms with Crippen LogP contribution in [-0.2, 0) is 22.6 Å². The van der Waals surface area contributed by atoms with Gasteiger partial charge in [-0.15, -0.1) is 0 Å². The van der Waals surface area contributed by atoms with E-state index in [1.54, 1.807) is 6.20 Å². The molecule has 0 spiro atoms. The van der Waals surface area contributed by atoms with Crippen LogP contribution in [0.15, 0.2) is 79.1 Å². The second kappa shape index (κ2) is 11.7. The molecule has 186 valence electrons. The van der Waals surface area contributed by atoms with Gasteiger partial charge in [-0.1, -0.05) is 68.4 Å². The van der Waals surface area contributed by atoms with E-state index in [4.69, 9.17) is 5.11 Å². The Kier molecular flexibility index (Phi) is 8.16. The van der Waals surface area contributed by atoms with Crippen molar-refractivity contribution in [2.75, 3.05) is 5.32 Å². The van der Waals surface area contributed by atoms with Crippen molar-refractivity contribution in [3.63, 3.8) is 0 Å². The molecule has 36 heavy (non-hydrogen) atoms. The van der Waals surface area contributed by atoms with Crippen LogP contribution in [0.3, 0.4) is 0 Å². The van der Waals surface area contributed by atoms with Gasteiger partial charge in [-0.05, 0) is 64.8 Å². The highest BCUT2D eigenvalue weighted by Gasteiger charge is 2.24. The lowest BCUT2D eigenvalue weighted by atomic mass is 9.86. The summed E-state index contributed by atoms with van der Waals surface area (Å²) >= 11 is 0. The number of nitrogens with zero attached hydrogens (tertiary/aromatic N) is 2. The minimum Gasteiger partial charge on any atom is -0.481 e. The molecule has 0 saturated carbocycles. The molecule has 1 amide bonds. The molecule has 3 aromatic carbocycles. The summed E-state index contributed by atoms with van der Waals surface area (Å²) in [5.41, 5.74) is 3.72. The van der Waals surface area contributed by atoms with Gasteiger partial charge in [-0.2, -0.15) is 5.10 Å². The Morgan fingerprint density at radius 2 is 1.83 bits per heavy atom. The van der Waals surface area contributed by atoms with Gasteiger partial charge in [-0.25, -0.2) is 0 Å². The lowest BCUT2D eigenvalue weighted by Crippen LogP contribution is -2.23. The first-order valence-corrected chi connectivity index (χ1v) is 12.5. The highest BCUT2D eigenvalue weighted by Crippen LogP contribution is 2.32. The second-order valence-corrected chi connectivity index (χ2v) is 9.68. The monoisotopic (exact) mass is 483 g/mol. The number of rotatable bonds is 11. The van der Waals surface area contributed by atoms with Gasteiger partial charge in [0.25, 0.3) is 0 Å². The smallest absolute Gasteiger partial charge is 0.303 e. The van der Waals surface area contributed by atoms with Gasteiger partial charge in [0.1, 0.15) is 0 Å². The zero-order valence-corrected chi connectivity index (χ0v) is 20.9. The molecule has 0 aliphatic carbocycles. The molecule has 0 fully saturated rings. The van der Waals surface area contributed by atoms with Crippen LogP contribution in [0.25, 0.3) is 10.8 Å². The van der Waals surface area contributed by atoms with Crippen molar-refractivity contribution >= 4 is 28.3 Å². The van der Waals surface area contributed by atoms with E-state index >= 15 is 0 Å². The summed E-state index contributed by atoms with van der Waals surface area (Å²) < 4.78 is 1.84. The lowest BCUT2D eigenvalue weighted by Gasteiger charge is -2.22. The van der Waals surface area contributed by atoms with Crippen LogP contribution in [0.4, 0.5) is 5.69 Å². The van der Waals surface area contributed by atoms with Gasteiger partial charge in [0.15, 0.2) is 0 Å². The normalized spacial score (nSPS) is 12.1. The molecule has 1 aromatic heterocycles. The molecule has 0 radical (unpaired) electrons. The topological polar surface area (TPSA) is 84.2 Å². The van der Waals surface area contributed by atoms with E-state index in [9.17, 15) is 9.59 Å². The number of aromatic nitrogens is 2. The first-order valence-electron chi connectivity index (χ1n) is 12.5. The van der Waals surface area contributed by atoms with Crippen LogP contribution in [-0.4, -0.2) is 26.8 Å². The third kappa shape index (κ3) is 6.39. The van der Waals surface area contributed by atoms with Crippen molar-refractivity contribution in [1.29, 1.82) is 0 Å². The fourth-order valence-electron chi connectivity index (χ4n) is 4.69. The Balaban J connectivity index is 1.66. The molecular formula is C30H33N3O3. The molecular weight excluding hydrogens is 450 g/mol. The second-order valence-electron chi connectivity index (χ2n) is 9.68. The van der Waals surface area contributed by atoms with Crippen LogP contribution in [0.2, 0.25) is 0 Å². The lowest BCUT2D eigenvalue weighted by molar-refractivity contribution is -0.137. The maximum Gasteiger partial charge on any atom is 0.303 e. The maximum absolute atomic E-state index is 13.8. The van der Waals surface area contributed by atoms with Crippen molar-refractivity contribution < 1.29 is 14.7 Å². The van der Waals surface area contributed by atoms with E-state index in [2.05, 4.69) is 48.5 Å². The minimum absolute atomic E-state index is 0.0456. The minimum atomic E-state index is -0.816. The van der Waals surface area contributed by atoms with Crippen LogP contribution >= 0.6 is 0 Å². The largest absolute Gasteiger partial charge is 0.481 e. The highest BCUT2D eigenvalue weighted by molar-refractivity contribution is 6.00. The molecule has 0 bridgehead atoms. The van der Waals surface area contributed by atoms with Gasteiger partial charge in [0.2, 0.25) is 5.91 Å². The third-order valence-corrected chi connectivity index (χ3v) is 6.40. The van der Waals surface area contributed by atoms with Crippen LogP contribution in [0, 0.1) is 5.92 Å². The first-order chi connectivity index (χ1) is 17.4. The van der Waals surface area contributed by atoms with Crippen molar-refractivity contribution in [3.8, 4) is 0 Å². The van der Waals surface area contributed by atoms with E-state index in [0.29, 0.717) is 25.3 Å². The molecule has 1 heterocycles. The Hall–Kier alpha value is -3.93. The van der Waals surface area contributed by atoms with E-state index in [-0.39, 0.29) is 18.2 Å². The van der Waals surface area contributed by atoms with Gasteiger partial charge in [0, 0.05) is 24.5 Å². The number of benzene rings is 3. The number of nitrogens with one attached hydrogen (secondary N) is 1. The molecule has 0 saturated heterocycles. The molecule has 0 aliphatic heterocycles. The van der Waals surface area contributed by atoms with Gasteiger partial charge in [-0.3, -0.25) is 14.3 Å². The summed E-state index contributed by atoms with van der Waals surface area (Å²) in [4.78, 5) is 24.9. The summed E-state index contributed by atoms with van der Waals surface area (Å²) in [5, 5.41) is 18.8. The van der Waals surface area contributed by atoms with Crippen LogP contribution < -0.4 is 5.32 Å². The number of anilines is 1. The number of amides is 1. The first kappa shape index (κ1) is 25.2. The average molecular weight is 484 g/mol. The molecule has 6 heteroatoms. The predicted molar refractivity (Wildman–Crippen MR) is 143 cm³/mol. The molecule has 6 nitrogen and oxygen atoms in total. The Labute approximate surface area is 212 Å². The van der Waals surface area contributed by atoms with Crippen molar-refractivity contribution in [2.45, 2.75) is 52.0 Å². The van der Waals surface area contributed by atoms with Crippen molar-refractivity contribution in [2.24, 2.45) is 5.92 Å². The van der Waals surface area contributed by atoms with E-state index in [1.807, 2.05) is 53.3 Å². The number of carboxylic acids is 1. The van der Waals surface area contributed by atoms with Gasteiger partial charge in [0.05, 0.1) is 12.5 Å². The highest BCUT2D eigenvalue weighted by atomic mass is 16.4. The zero-order chi connectivity index (χ0) is 25.5. The number of aliphatic carboxylic acids is 1. The zero-order valence-electron chi connectivity index (χ0n) is 20.9. The van der Waals surface area contributed by atoms with E-state index in [0.717, 1.165) is 39.6 Å². The number of aryl methyl sites for hydroxylation is 1. The molecule has 4 rings (SSSR count). The summed E-state index contributed by atoms with van der Waals surface area (Å²) in [6.45, 7) is 4.85. The maximum atomic E-state index is 13.8. The number of carbonyl (C=O) groups excluding carboxylic acids is 1.